The fraction of sp³-hybridized carbons (Fsp3) is 0.286. The van der Waals surface area contributed by atoms with E-state index in [0.717, 1.165) is 17.3 Å². The van der Waals surface area contributed by atoms with E-state index in [4.69, 9.17) is 5.14 Å². The highest BCUT2D eigenvalue weighted by atomic mass is 79.9. The second kappa shape index (κ2) is 4.17. The van der Waals surface area contributed by atoms with Gasteiger partial charge in [-0.05, 0) is 18.1 Å². The van der Waals surface area contributed by atoms with Crippen molar-refractivity contribution in [1.29, 1.82) is 0 Å². The first-order valence-corrected chi connectivity index (χ1v) is 6.23. The van der Waals surface area contributed by atoms with Crippen LogP contribution in [-0.2, 0) is 16.4 Å². The monoisotopic (exact) mass is 264 g/mol. The molecule has 1 rings (SSSR count). The second-order valence-corrected chi connectivity index (χ2v) is 4.87. The van der Waals surface area contributed by atoms with E-state index < -0.39 is 10.0 Å². The molecule has 0 saturated carbocycles. The summed E-state index contributed by atoms with van der Waals surface area (Å²) in [6, 6.07) is 1.53. The van der Waals surface area contributed by atoms with Gasteiger partial charge >= 0.3 is 0 Å². The molecule has 0 radical (unpaired) electrons. The van der Waals surface area contributed by atoms with E-state index in [1.54, 1.807) is 6.20 Å². The van der Waals surface area contributed by atoms with Crippen LogP contribution in [0.3, 0.4) is 0 Å². The molecule has 0 spiro atoms. The number of hydrogen-bond donors (Lipinski definition) is 1. The molecule has 72 valence electrons. The molecule has 1 heterocycles. The Kier molecular flexibility index (Phi) is 3.40. The molecule has 0 unspecified atom stereocenters. The quantitative estimate of drug-likeness (QED) is 0.816. The molecule has 0 aliphatic rings. The smallest absolute Gasteiger partial charge is 0.239 e. The zero-order valence-electron chi connectivity index (χ0n) is 6.77. The number of primary sulfonamides is 1. The Hall–Kier alpha value is -0.460. The number of alkyl halides is 1. The molecule has 0 amide bonds. The summed E-state index contributed by atoms with van der Waals surface area (Å²) in [6.45, 7) is 0. The summed E-state index contributed by atoms with van der Waals surface area (Å²) < 4.78 is 21.8. The second-order valence-electron chi connectivity index (χ2n) is 2.51. The molecular formula is C7H9BrN2O2S. The van der Waals surface area contributed by atoms with Gasteiger partial charge < -0.3 is 0 Å². The topological polar surface area (TPSA) is 73.1 Å². The molecule has 0 bridgehead atoms. The van der Waals surface area contributed by atoms with Gasteiger partial charge in [-0.2, -0.15) is 0 Å². The standard InChI is InChI=1S/C7H9BrN2O2S/c8-2-1-6-3-7(5-10-4-6)13(9,11)12/h3-5H,1-2H2,(H2,9,11,12). The Morgan fingerprint density at radius 2 is 2.15 bits per heavy atom. The highest BCUT2D eigenvalue weighted by Gasteiger charge is 2.07. The van der Waals surface area contributed by atoms with E-state index in [1.807, 2.05) is 0 Å². The van der Waals surface area contributed by atoms with Crippen LogP contribution in [0.1, 0.15) is 5.56 Å². The van der Waals surface area contributed by atoms with Crippen molar-refractivity contribution in [2.24, 2.45) is 5.14 Å². The Bertz CT molecular complexity index is 391. The van der Waals surface area contributed by atoms with Crippen LogP contribution in [0.4, 0.5) is 0 Å². The summed E-state index contributed by atoms with van der Waals surface area (Å²) >= 11 is 3.25. The highest BCUT2D eigenvalue weighted by molar-refractivity contribution is 9.09. The number of hydrogen-bond acceptors (Lipinski definition) is 3. The van der Waals surface area contributed by atoms with Gasteiger partial charge in [0.2, 0.25) is 10.0 Å². The van der Waals surface area contributed by atoms with Crippen molar-refractivity contribution in [1.82, 2.24) is 4.98 Å². The first-order chi connectivity index (χ1) is 6.04. The summed E-state index contributed by atoms with van der Waals surface area (Å²) in [5.74, 6) is 0. The van der Waals surface area contributed by atoms with Gasteiger partial charge in [0.15, 0.2) is 0 Å². The van der Waals surface area contributed by atoms with Crippen LogP contribution in [0.25, 0.3) is 0 Å². The largest absolute Gasteiger partial charge is 0.263 e. The Morgan fingerprint density at radius 3 is 2.69 bits per heavy atom. The molecule has 6 heteroatoms. The van der Waals surface area contributed by atoms with Crippen LogP contribution in [0.2, 0.25) is 0 Å². The molecule has 13 heavy (non-hydrogen) atoms. The first-order valence-electron chi connectivity index (χ1n) is 3.57. The molecule has 0 saturated heterocycles. The molecule has 0 fully saturated rings. The lowest BCUT2D eigenvalue weighted by Crippen LogP contribution is -2.12. The molecule has 1 aromatic rings. The van der Waals surface area contributed by atoms with Gasteiger partial charge in [-0.25, -0.2) is 13.6 Å². The van der Waals surface area contributed by atoms with Crippen LogP contribution < -0.4 is 5.14 Å². The minimum absolute atomic E-state index is 0.0611. The zero-order chi connectivity index (χ0) is 9.90. The van der Waals surface area contributed by atoms with Crippen molar-refractivity contribution in [3.05, 3.63) is 24.0 Å². The number of rotatable bonds is 3. The Morgan fingerprint density at radius 1 is 1.46 bits per heavy atom. The summed E-state index contributed by atoms with van der Waals surface area (Å²) in [4.78, 5) is 3.85. The summed E-state index contributed by atoms with van der Waals surface area (Å²) in [7, 11) is -3.62. The fourth-order valence-electron chi connectivity index (χ4n) is 0.865. The SMILES string of the molecule is NS(=O)(=O)c1cncc(CCBr)c1. The van der Waals surface area contributed by atoms with Gasteiger partial charge in [0.25, 0.3) is 0 Å². The molecule has 2 N–H and O–H groups in total. The van der Waals surface area contributed by atoms with E-state index in [-0.39, 0.29) is 4.90 Å². The molecule has 0 atom stereocenters. The van der Waals surface area contributed by atoms with E-state index in [0.29, 0.717) is 0 Å². The number of pyridine rings is 1. The van der Waals surface area contributed by atoms with Crippen LogP contribution >= 0.6 is 15.9 Å². The number of aryl methyl sites for hydroxylation is 1. The number of sulfonamides is 1. The van der Waals surface area contributed by atoms with Crippen molar-refractivity contribution >= 4 is 26.0 Å². The maximum atomic E-state index is 10.9. The number of aromatic nitrogens is 1. The normalized spacial score (nSPS) is 11.5. The average molecular weight is 265 g/mol. The Labute approximate surface area is 85.3 Å². The number of nitrogens with zero attached hydrogens (tertiary/aromatic N) is 1. The van der Waals surface area contributed by atoms with Gasteiger partial charge in [-0.3, -0.25) is 4.98 Å². The van der Waals surface area contributed by atoms with E-state index in [9.17, 15) is 8.42 Å². The van der Waals surface area contributed by atoms with Gasteiger partial charge in [-0.15, -0.1) is 0 Å². The predicted molar refractivity (Wildman–Crippen MR) is 53.1 cm³/mol. The Balaban J connectivity index is 3.06. The lowest BCUT2D eigenvalue weighted by Gasteiger charge is -2.00. The maximum absolute atomic E-state index is 10.9. The lowest BCUT2D eigenvalue weighted by molar-refractivity contribution is 0.597. The van der Waals surface area contributed by atoms with Crippen LogP contribution in [0.15, 0.2) is 23.4 Å². The van der Waals surface area contributed by atoms with Crippen LogP contribution in [0, 0.1) is 0 Å². The van der Waals surface area contributed by atoms with Gasteiger partial charge in [0, 0.05) is 17.7 Å². The molecule has 0 aliphatic carbocycles. The van der Waals surface area contributed by atoms with Crippen molar-refractivity contribution < 1.29 is 8.42 Å². The van der Waals surface area contributed by atoms with Crippen molar-refractivity contribution in [3.63, 3.8) is 0 Å². The van der Waals surface area contributed by atoms with Gasteiger partial charge in [-0.1, -0.05) is 15.9 Å². The third-order valence-electron chi connectivity index (χ3n) is 1.48. The third kappa shape index (κ3) is 3.06. The van der Waals surface area contributed by atoms with E-state index >= 15 is 0 Å². The summed E-state index contributed by atoms with van der Waals surface area (Å²) in [6.07, 6.45) is 3.60. The lowest BCUT2D eigenvalue weighted by atomic mass is 10.2. The molecule has 0 aliphatic heterocycles. The highest BCUT2D eigenvalue weighted by Crippen LogP contribution is 2.08. The van der Waals surface area contributed by atoms with E-state index in [1.165, 1.54) is 12.3 Å². The van der Waals surface area contributed by atoms with E-state index in [2.05, 4.69) is 20.9 Å². The summed E-state index contributed by atoms with van der Waals surface area (Å²) in [5.41, 5.74) is 0.850. The molecule has 1 aromatic heterocycles. The number of halogens is 1. The minimum Gasteiger partial charge on any atom is -0.263 e. The number of nitrogens with two attached hydrogens (primary N) is 1. The molecular weight excluding hydrogens is 256 g/mol. The van der Waals surface area contributed by atoms with Crippen LogP contribution in [0.5, 0.6) is 0 Å². The maximum Gasteiger partial charge on any atom is 0.239 e. The zero-order valence-corrected chi connectivity index (χ0v) is 9.18. The average Bonchev–Trinajstić information content (AvgIpc) is 2.04. The fourth-order valence-corrected chi connectivity index (χ4v) is 1.85. The van der Waals surface area contributed by atoms with Gasteiger partial charge in [0.1, 0.15) is 4.90 Å². The van der Waals surface area contributed by atoms with Crippen LogP contribution in [-0.4, -0.2) is 18.7 Å². The third-order valence-corrected chi connectivity index (χ3v) is 2.76. The van der Waals surface area contributed by atoms with Crippen molar-refractivity contribution in [2.45, 2.75) is 11.3 Å². The first kappa shape index (κ1) is 10.6. The summed E-state index contributed by atoms with van der Waals surface area (Å²) in [5, 5.41) is 5.71. The predicted octanol–water partition coefficient (Wildman–Crippen LogP) is 0.666. The van der Waals surface area contributed by atoms with Crippen molar-refractivity contribution in [2.75, 3.05) is 5.33 Å². The molecule has 4 nitrogen and oxygen atoms in total. The molecule has 0 aromatic carbocycles. The van der Waals surface area contributed by atoms with Crippen molar-refractivity contribution in [3.8, 4) is 0 Å². The van der Waals surface area contributed by atoms with Gasteiger partial charge in [0.05, 0.1) is 0 Å². The minimum atomic E-state index is -3.62.